The number of nitrogens with zero attached hydrogens (tertiary/aromatic N) is 5. The summed E-state index contributed by atoms with van der Waals surface area (Å²) in [5.74, 6) is 0.521. The summed E-state index contributed by atoms with van der Waals surface area (Å²) in [7, 11) is 0. The Hall–Kier alpha value is -3.60. The van der Waals surface area contributed by atoms with E-state index in [2.05, 4.69) is 25.0 Å². The predicted molar refractivity (Wildman–Crippen MR) is 121 cm³/mol. The van der Waals surface area contributed by atoms with Gasteiger partial charge in [0.05, 0.1) is 22.7 Å². The predicted octanol–water partition coefficient (Wildman–Crippen LogP) is 4.15. The van der Waals surface area contributed by atoms with Crippen LogP contribution in [0.25, 0.3) is 0 Å². The number of aliphatic imine (C=N–C) groups is 1. The molecular weight excluding hydrogens is 461 g/mol. The Morgan fingerprint density at radius 2 is 1.94 bits per heavy atom. The van der Waals surface area contributed by atoms with Crippen LogP contribution >= 0.6 is 0 Å². The summed E-state index contributed by atoms with van der Waals surface area (Å²) >= 11 is 0. The van der Waals surface area contributed by atoms with E-state index in [0.717, 1.165) is 38.1 Å². The fourth-order valence-electron chi connectivity index (χ4n) is 4.43. The standard InChI is InChI=1S/C24H23F3N6O2/c25-24(26,27)15-3-5-18-14(9-15)10-19(31-18)21-11-16(32-35-21)4-6-20(34)22-17(23(28)30-13-29-22)12-33-7-1-2-8-33/h3,5,9,11,13H,1-2,4,6-8,10,12H2,(H2,28,29,30). The van der Waals surface area contributed by atoms with Gasteiger partial charge in [-0.2, -0.15) is 13.2 Å². The molecule has 0 amide bonds. The van der Waals surface area contributed by atoms with Crippen LogP contribution in [0.2, 0.25) is 0 Å². The molecule has 0 unspecified atom stereocenters. The van der Waals surface area contributed by atoms with Gasteiger partial charge in [-0.25, -0.2) is 15.0 Å². The third-order valence-corrected chi connectivity index (χ3v) is 6.29. The molecule has 4 heterocycles. The summed E-state index contributed by atoms with van der Waals surface area (Å²) in [6.07, 6.45) is -0.203. The number of fused-ring (bicyclic) bond motifs is 1. The van der Waals surface area contributed by atoms with Crippen molar-refractivity contribution in [2.45, 2.75) is 44.8 Å². The Morgan fingerprint density at radius 3 is 2.71 bits per heavy atom. The molecule has 1 fully saturated rings. The largest absolute Gasteiger partial charge is 0.416 e. The Morgan fingerprint density at radius 1 is 1.14 bits per heavy atom. The molecule has 5 rings (SSSR count). The minimum atomic E-state index is -4.41. The topological polar surface area (TPSA) is 110 Å². The monoisotopic (exact) mass is 484 g/mol. The van der Waals surface area contributed by atoms with Crippen molar-refractivity contribution < 1.29 is 22.5 Å². The van der Waals surface area contributed by atoms with Crippen LogP contribution in [0.4, 0.5) is 24.7 Å². The maximum absolute atomic E-state index is 13.0. The van der Waals surface area contributed by atoms with Crippen LogP contribution in [-0.2, 0) is 25.6 Å². The maximum atomic E-state index is 13.0. The highest BCUT2D eigenvalue weighted by Gasteiger charge is 2.32. The molecule has 11 heteroatoms. The number of hydrogen-bond acceptors (Lipinski definition) is 8. The lowest BCUT2D eigenvalue weighted by Gasteiger charge is -2.17. The van der Waals surface area contributed by atoms with E-state index in [9.17, 15) is 18.0 Å². The van der Waals surface area contributed by atoms with Crippen molar-refractivity contribution in [1.29, 1.82) is 0 Å². The molecule has 0 radical (unpaired) electrons. The number of alkyl halides is 3. The number of nitrogens with two attached hydrogens (primary N) is 1. The number of carbonyl (C=O) groups is 1. The summed E-state index contributed by atoms with van der Waals surface area (Å²) in [6.45, 7) is 2.45. The average Bonchev–Trinajstić information content (AvgIpc) is 3.58. The Labute approximate surface area is 199 Å². The number of likely N-dealkylation sites (tertiary alicyclic amines) is 1. The zero-order valence-electron chi connectivity index (χ0n) is 18.8. The second kappa shape index (κ2) is 9.21. The first-order valence-corrected chi connectivity index (χ1v) is 11.4. The summed E-state index contributed by atoms with van der Waals surface area (Å²) in [6, 6.07) is 5.14. The zero-order valence-corrected chi connectivity index (χ0v) is 18.8. The lowest BCUT2D eigenvalue weighted by atomic mass is 10.0. The molecular formula is C24H23F3N6O2. The molecule has 0 spiro atoms. The van der Waals surface area contributed by atoms with Gasteiger partial charge < -0.3 is 10.3 Å². The third kappa shape index (κ3) is 4.95. The highest BCUT2D eigenvalue weighted by atomic mass is 19.4. The van der Waals surface area contributed by atoms with Crippen LogP contribution in [0.3, 0.4) is 0 Å². The van der Waals surface area contributed by atoms with Crippen molar-refractivity contribution >= 4 is 23.0 Å². The number of Topliss-reactive ketones (excluding diaryl/α,β-unsaturated/α-hetero) is 1. The Balaban J connectivity index is 1.24. The third-order valence-electron chi connectivity index (χ3n) is 6.29. The molecule has 0 saturated carbocycles. The van der Waals surface area contributed by atoms with E-state index in [1.54, 1.807) is 6.07 Å². The number of hydrogen-bond donors (Lipinski definition) is 1. The lowest BCUT2D eigenvalue weighted by Crippen LogP contribution is -2.22. The number of nitrogen functional groups attached to an aromatic ring is 1. The number of anilines is 1. The molecule has 1 saturated heterocycles. The molecule has 182 valence electrons. The molecule has 1 aromatic carbocycles. The number of ketones is 1. The first kappa shape index (κ1) is 23.2. The minimum absolute atomic E-state index is 0.150. The van der Waals surface area contributed by atoms with Gasteiger partial charge in [0, 0.05) is 37.4 Å². The molecule has 2 aliphatic heterocycles. The number of benzene rings is 1. The molecule has 3 aromatic rings. The van der Waals surface area contributed by atoms with E-state index in [4.69, 9.17) is 10.3 Å². The van der Waals surface area contributed by atoms with Crippen LogP contribution in [0.5, 0.6) is 0 Å². The Kier molecular flexibility index (Phi) is 6.10. The molecule has 2 aromatic heterocycles. The molecule has 35 heavy (non-hydrogen) atoms. The molecule has 0 atom stereocenters. The maximum Gasteiger partial charge on any atom is 0.416 e. The van der Waals surface area contributed by atoms with Gasteiger partial charge in [0.2, 0.25) is 0 Å². The van der Waals surface area contributed by atoms with E-state index in [1.165, 1.54) is 12.4 Å². The summed E-state index contributed by atoms with van der Waals surface area (Å²) in [5.41, 5.74) is 8.33. The summed E-state index contributed by atoms with van der Waals surface area (Å²) < 4.78 is 44.4. The quantitative estimate of drug-likeness (QED) is 0.502. The van der Waals surface area contributed by atoms with E-state index in [1.807, 2.05) is 0 Å². The number of aromatic nitrogens is 3. The van der Waals surface area contributed by atoms with Crippen molar-refractivity contribution in [3.05, 3.63) is 64.4 Å². The van der Waals surface area contributed by atoms with Crippen LogP contribution in [0.1, 0.15) is 57.9 Å². The van der Waals surface area contributed by atoms with Crippen molar-refractivity contribution in [3.63, 3.8) is 0 Å². The van der Waals surface area contributed by atoms with Crippen LogP contribution in [0.15, 0.2) is 40.1 Å². The van der Waals surface area contributed by atoms with Crippen LogP contribution in [-0.4, -0.2) is 44.6 Å². The number of carbonyl (C=O) groups excluding carboxylic acids is 1. The SMILES string of the molecule is Nc1ncnc(C(=O)CCc2cc(C3=Nc4ccc(C(F)(F)F)cc4C3)on2)c1CN1CCCC1. The van der Waals surface area contributed by atoms with Gasteiger partial charge in [0.15, 0.2) is 11.5 Å². The molecule has 2 aliphatic rings. The first-order chi connectivity index (χ1) is 16.8. The minimum Gasteiger partial charge on any atom is -0.383 e. The van der Waals surface area contributed by atoms with E-state index in [-0.39, 0.29) is 18.6 Å². The fraction of sp³-hybridized carbons (Fsp3) is 0.375. The van der Waals surface area contributed by atoms with Crippen molar-refractivity contribution in [2.75, 3.05) is 18.8 Å². The Bertz CT molecular complexity index is 1290. The van der Waals surface area contributed by atoms with Gasteiger partial charge >= 0.3 is 6.18 Å². The van der Waals surface area contributed by atoms with Crippen molar-refractivity contribution in [1.82, 2.24) is 20.0 Å². The van der Waals surface area contributed by atoms with Gasteiger partial charge in [-0.15, -0.1) is 0 Å². The van der Waals surface area contributed by atoms with Gasteiger partial charge in [0.25, 0.3) is 0 Å². The van der Waals surface area contributed by atoms with Gasteiger partial charge in [-0.1, -0.05) is 5.16 Å². The fourth-order valence-corrected chi connectivity index (χ4v) is 4.43. The number of rotatable bonds is 7. The smallest absolute Gasteiger partial charge is 0.383 e. The summed E-state index contributed by atoms with van der Waals surface area (Å²) in [4.78, 5) is 27.8. The molecule has 0 bridgehead atoms. The number of halogens is 3. The van der Waals surface area contributed by atoms with Gasteiger partial charge in [-0.05, 0) is 49.7 Å². The highest BCUT2D eigenvalue weighted by Crippen LogP contribution is 2.36. The molecule has 2 N–H and O–H groups in total. The molecule has 8 nitrogen and oxygen atoms in total. The highest BCUT2D eigenvalue weighted by molar-refractivity contribution is 6.04. The normalized spacial score (nSPS) is 15.9. The first-order valence-electron chi connectivity index (χ1n) is 11.4. The van der Waals surface area contributed by atoms with E-state index in [0.29, 0.717) is 58.5 Å². The lowest BCUT2D eigenvalue weighted by molar-refractivity contribution is -0.137. The van der Waals surface area contributed by atoms with Crippen molar-refractivity contribution in [2.24, 2.45) is 4.99 Å². The van der Waals surface area contributed by atoms with Gasteiger partial charge in [-0.3, -0.25) is 9.69 Å². The van der Waals surface area contributed by atoms with E-state index >= 15 is 0 Å². The second-order valence-corrected chi connectivity index (χ2v) is 8.75. The number of aryl methyl sites for hydroxylation is 1. The van der Waals surface area contributed by atoms with Crippen LogP contribution < -0.4 is 5.73 Å². The van der Waals surface area contributed by atoms with Crippen molar-refractivity contribution in [3.8, 4) is 0 Å². The second-order valence-electron chi connectivity index (χ2n) is 8.75. The zero-order chi connectivity index (χ0) is 24.6. The average molecular weight is 484 g/mol. The van der Waals surface area contributed by atoms with E-state index < -0.39 is 11.7 Å². The van der Waals surface area contributed by atoms with Gasteiger partial charge in [0.1, 0.15) is 17.8 Å². The molecule has 0 aliphatic carbocycles. The van der Waals surface area contributed by atoms with Crippen LogP contribution in [0, 0.1) is 0 Å². The summed E-state index contributed by atoms with van der Waals surface area (Å²) in [5, 5.41) is 4.02.